The first kappa shape index (κ1) is 15.9. The van der Waals surface area contributed by atoms with Gasteiger partial charge in [0.1, 0.15) is 5.75 Å². The monoisotopic (exact) mass is 282 g/mol. The molecule has 0 heterocycles. The van der Waals surface area contributed by atoms with Crippen LogP contribution in [0.1, 0.15) is 18.4 Å². The molecule has 0 aliphatic rings. The molecule has 0 spiro atoms. The molecule has 19 heavy (non-hydrogen) atoms. The molecule has 0 bridgehead atoms. The number of nitrogens with two attached hydrogens (primary N) is 1. The fourth-order valence-electron chi connectivity index (χ4n) is 1.69. The van der Waals surface area contributed by atoms with Crippen LogP contribution in [-0.4, -0.2) is 35.6 Å². The zero-order chi connectivity index (χ0) is 14.1. The van der Waals surface area contributed by atoms with Crippen LogP contribution in [0.25, 0.3) is 0 Å². The number of carbonyl (C=O) groups is 1. The molecule has 1 rings (SSSR count). The normalized spacial score (nSPS) is 12.1. The molecule has 0 aliphatic carbocycles. The van der Waals surface area contributed by atoms with Crippen LogP contribution in [0.2, 0.25) is 0 Å². The van der Waals surface area contributed by atoms with Crippen molar-refractivity contribution in [3.63, 3.8) is 0 Å². The third-order valence-corrected chi connectivity index (χ3v) is 3.50. The quantitative estimate of drug-likeness (QED) is 0.632. The number of phenols is 1. The number of hydrogen-bond acceptors (Lipinski definition) is 4. The summed E-state index contributed by atoms with van der Waals surface area (Å²) < 4.78 is 0. The summed E-state index contributed by atoms with van der Waals surface area (Å²) in [7, 11) is 0. The van der Waals surface area contributed by atoms with Crippen LogP contribution in [0.4, 0.5) is 0 Å². The summed E-state index contributed by atoms with van der Waals surface area (Å²) >= 11 is 1.81. The number of rotatable bonds is 8. The van der Waals surface area contributed by atoms with Gasteiger partial charge < -0.3 is 16.2 Å². The van der Waals surface area contributed by atoms with Crippen LogP contribution in [-0.2, 0) is 11.2 Å². The van der Waals surface area contributed by atoms with E-state index in [1.165, 1.54) is 0 Å². The second kappa shape index (κ2) is 8.82. The van der Waals surface area contributed by atoms with Crippen molar-refractivity contribution in [3.8, 4) is 5.75 Å². The highest BCUT2D eigenvalue weighted by atomic mass is 32.2. The van der Waals surface area contributed by atoms with E-state index < -0.39 is 6.04 Å². The fraction of sp³-hybridized carbons (Fsp3) is 0.500. The summed E-state index contributed by atoms with van der Waals surface area (Å²) in [4.78, 5) is 11.8. The van der Waals surface area contributed by atoms with E-state index in [1.807, 2.05) is 11.8 Å². The van der Waals surface area contributed by atoms with Gasteiger partial charge in [0.05, 0.1) is 6.04 Å². The molecule has 0 aromatic heterocycles. The van der Waals surface area contributed by atoms with Crippen molar-refractivity contribution in [1.29, 1.82) is 0 Å². The van der Waals surface area contributed by atoms with E-state index in [0.717, 1.165) is 24.2 Å². The number of benzene rings is 1. The SMILES string of the molecule is CSCCCCNC(=O)C(N)Cc1ccc(O)cc1. The van der Waals surface area contributed by atoms with Gasteiger partial charge in [0.25, 0.3) is 0 Å². The molecule has 1 amide bonds. The Balaban J connectivity index is 2.26. The molecule has 0 aliphatic heterocycles. The number of unbranched alkanes of at least 4 members (excludes halogenated alkanes) is 1. The van der Waals surface area contributed by atoms with Crippen molar-refractivity contribution in [2.75, 3.05) is 18.6 Å². The highest BCUT2D eigenvalue weighted by molar-refractivity contribution is 7.98. The van der Waals surface area contributed by atoms with E-state index >= 15 is 0 Å². The summed E-state index contributed by atoms with van der Waals surface area (Å²) in [6.07, 6.45) is 4.65. The van der Waals surface area contributed by atoms with Gasteiger partial charge in [-0.05, 0) is 49.0 Å². The van der Waals surface area contributed by atoms with Gasteiger partial charge in [-0.25, -0.2) is 0 Å². The lowest BCUT2D eigenvalue weighted by Crippen LogP contribution is -2.42. The minimum atomic E-state index is -0.537. The molecule has 0 saturated heterocycles. The van der Waals surface area contributed by atoms with Gasteiger partial charge in [0.2, 0.25) is 5.91 Å². The summed E-state index contributed by atoms with van der Waals surface area (Å²) in [5.74, 6) is 1.22. The lowest BCUT2D eigenvalue weighted by Gasteiger charge is -2.12. The van der Waals surface area contributed by atoms with Crippen LogP contribution in [0.3, 0.4) is 0 Å². The number of thioether (sulfide) groups is 1. The van der Waals surface area contributed by atoms with Crippen LogP contribution in [0.15, 0.2) is 24.3 Å². The van der Waals surface area contributed by atoms with Crippen LogP contribution >= 0.6 is 11.8 Å². The van der Waals surface area contributed by atoms with Gasteiger partial charge in [0, 0.05) is 6.54 Å². The van der Waals surface area contributed by atoms with Crippen molar-refractivity contribution in [1.82, 2.24) is 5.32 Å². The van der Waals surface area contributed by atoms with Crippen LogP contribution in [0, 0.1) is 0 Å². The molecule has 1 aromatic carbocycles. The number of phenolic OH excluding ortho intramolecular Hbond substituents is 1. The number of aromatic hydroxyl groups is 1. The summed E-state index contributed by atoms with van der Waals surface area (Å²) in [6.45, 7) is 0.683. The largest absolute Gasteiger partial charge is 0.508 e. The third kappa shape index (κ3) is 6.50. The zero-order valence-corrected chi connectivity index (χ0v) is 12.1. The van der Waals surface area contributed by atoms with Gasteiger partial charge in [0.15, 0.2) is 0 Å². The van der Waals surface area contributed by atoms with E-state index in [2.05, 4.69) is 11.6 Å². The van der Waals surface area contributed by atoms with E-state index in [9.17, 15) is 9.90 Å². The summed E-state index contributed by atoms with van der Waals surface area (Å²) in [6, 6.07) is 6.22. The average Bonchev–Trinajstić information content (AvgIpc) is 2.41. The second-order valence-corrected chi connectivity index (χ2v) is 5.45. The highest BCUT2D eigenvalue weighted by Crippen LogP contribution is 2.10. The van der Waals surface area contributed by atoms with Gasteiger partial charge in [-0.3, -0.25) is 4.79 Å². The Kier molecular flexibility index (Phi) is 7.36. The van der Waals surface area contributed by atoms with Crippen molar-refractivity contribution in [3.05, 3.63) is 29.8 Å². The van der Waals surface area contributed by atoms with Gasteiger partial charge in [-0.1, -0.05) is 12.1 Å². The maximum absolute atomic E-state index is 11.8. The van der Waals surface area contributed by atoms with Gasteiger partial charge in [-0.15, -0.1) is 0 Å². The molecule has 5 heteroatoms. The second-order valence-electron chi connectivity index (χ2n) is 4.47. The number of hydrogen-bond donors (Lipinski definition) is 3. The Bertz CT molecular complexity index is 382. The number of amides is 1. The maximum Gasteiger partial charge on any atom is 0.237 e. The molecule has 1 atom stereocenters. The smallest absolute Gasteiger partial charge is 0.237 e. The molecule has 0 saturated carbocycles. The Labute approximate surface area is 118 Å². The molecule has 4 N–H and O–H groups in total. The Morgan fingerprint density at radius 3 is 2.68 bits per heavy atom. The van der Waals surface area contributed by atoms with Crippen LogP contribution in [0.5, 0.6) is 5.75 Å². The van der Waals surface area contributed by atoms with E-state index in [-0.39, 0.29) is 11.7 Å². The van der Waals surface area contributed by atoms with Crippen molar-refractivity contribution >= 4 is 17.7 Å². The standard InChI is InChI=1S/C14H22N2O2S/c1-19-9-3-2-8-16-14(18)13(15)10-11-4-6-12(17)7-5-11/h4-7,13,17H,2-3,8-10,15H2,1H3,(H,16,18). The fourth-order valence-corrected chi connectivity index (χ4v) is 2.19. The Morgan fingerprint density at radius 1 is 1.37 bits per heavy atom. The lowest BCUT2D eigenvalue weighted by molar-refractivity contribution is -0.122. The minimum absolute atomic E-state index is 0.114. The first-order valence-corrected chi connectivity index (χ1v) is 7.83. The predicted molar refractivity (Wildman–Crippen MR) is 80.4 cm³/mol. The minimum Gasteiger partial charge on any atom is -0.508 e. The molecule has 1 aromatic rings. The van der Waals surface area contributed by atoms with Gasteiger partial charge in [-0.2, -0.15) is 11.8 Å². The molecule has 106 valence electrons. The molecule has 4 nitrogen and oxygen atoms in total. The first-order chi connectivity index (χ1) is 9.13. The van der Waals surface area contributed by atoms with Crippen molar-refractivity contribution in [2.24, 2.45) is 5.73 Å². The van der Waals surface area contributed by atoms with E-state index in [4.69, 9.17) is 5.73 Å². The highest BCUT2D eigenvalue weighted by Gasteiger charge is 2.13. The molecule has 0 fully saturated rings. The molecular weight excluding hydrogens is 260 g/mol. The predicted octanol–water partition coefficient (Wildman–Crippen LogP) is 1.52. The summed E-state index contributed by atoms with van der Waals surface area (Å²) in [5.41, 5.74) is 6.80. The third-order valence-electron chi connectivity index (χ3n) is 2.80. The molecule has 0 radical (unpaired) electrons. The molecule has 1 unspecified atom stereocenters. The number of carbonyl (C=O) groups excluding carboxylic acids is 1. The number of nitrogens with one attached hydrogen (secondary N) is 1. The lowest BCUT2D eigenvalue weighted by atomic mass is 10.1. The van der Waals surface area contributed by atoms with E-state index in [1.54, 1.807) is 24.3 Å². The zero-order valence-electron chi connectivity index (χ0n) is 11.3. The summed E-state index contributed by atoms with van der Waals surface area (Å²) in [5, 5.41) is 12.0. The average molecular weight is 282 g/mol. The van der Waals surface area contributed by atoms with E-state index in [0.29, 0.717) is 13.0 Å². The Morgan fingerprint density at radius 2 is 2.05 bits per heavy atom. The van der Waals surface area contributed by atoms with Crippen LogP contribution < -0.4 is 11.1 Å². The van der Waals surface area contributed by atoms with Crippen molar-refractivity contribution in [2.45, 2.75) is 25.3 Å². The molecular formula is C14H22N2O2S. The first-order valence-electron chi connectivity index (χ1n) is 6.43. The maximum atomic E-state index is 11.8. The van der Waals surface area contributed by atoms with Crippen molar-refractivity contribution < 1.29 is 9.90 Å². The topological polar surface area (TPSA) is 75.4 Å². The van der Waals surface area contributed by atoms with Gasteiger partial charge >= 0.3 is 0 Å². The Hall–Kier alpha value is -1.20.